The summed E-state index contributed by atoms with van der Waals surface area (Å²) in [4.78, 5) is -6.37. The summed E-state index contributed by atoms with van der Waals surface area (Å²) in [7, 11) is 0. The first-order valence-electron chi connectivity index (χ1n) is 17.0. The molecule has 0 heterocycles. The molecule has 6 bridgehead atoms. The first kappa shape index (κ1) is 41.9. The molecule has 1 aromatic carbocycles. The van der Waals surface area contributed by atoms with E-state index >= 15 is 0 Å². The molecule has 15 unspecified atom stereocenters. The normalized spacial score (nSPS) is 47.4. The molecule has 51 heavy (non-hydrogen) atoms. The van der Waals surface area contributed by atoms with Gasteiger partial charge in [-0.3, -0.25) is 0 Å². The molecule has 0 aromatic heterocycles. The third kappa shape index (κ3) is 5.40. The van der Waals surface area contributed by atoms with E-state index in [1.807, 2.05) is 0 Å². The number of rotatable bonds is 9. The van der Waals surface area contributed by atoms with Crippen molar-refractivity contribution in [3.05, 3.63) is 65.1 Å². The molecular formula is C36H33Cl15. The van der Waals surface area contributed by atoms with Crippen LogP contribution in [0.3, 0.4) is 0 Å². The average molecular weight is 997 g/mol. The molecule has 15 atom stereocenters. The van der Waals surface area contributed by atoms with Crippen LogP contribution in [0.1, 0.15) is 93.7 Å². The van der Waals surface area contributed by atoms with E-state index in [1.165, 1.54) is 0 Å². The van der Waals surface area contributed by atoms with E-state index in [0.29, 0.717) is 68.7 Å². The molecule has 0 saturated heterocycles. The number of allylic oxidation sites excluding steroid dienone is 6. The predicted octanol–water partition coefficient (Wildman–Crippen LogP) is 16.0. The SMILES string of the molecule is CCC(c1cc(C(CC)C2C(Cl)C3(Cl)CC2(Cl)C(Cl)=C3Cl)cc(C(CC)C2C(Cl)C3(Cl)CC2(Cl)C(Cl)=C3Cl)c1)C1C(Cl)C2(Cl)CC1(Cl)C(Cl)=C2Cl. The van der Waals surface area contributed by atoms with Gasteiger partial charge >= 0.3 is 0 Å². The Kier molecular flexibility index (Phi) is 11.2. The van der Waals surface area contributed by atoms with Crippen molar-refractivity contribution in [3.63, 3.8) is 0 Å². The average Bonchev–Trinajstić information content (AvgIpc) is 3.71. The summed E-state index contributed by atoms with van der Waals surface area (Å²) >= 11 is 106. The van der Waals surface area contributed by atoms with Gasteiger partial charge in [0.2, 0.25) is 0 Å². The third-order valence-electron chi connectivity index (χ3n) is 13.1. The van der Waals surface area contributed by atoms with Gasteiger partial charge < -0.3 is 0 Å². The number of hydrogen-bond acceptors (Lipinski definition) is 0. The summed E-state index contributed by atoms with van der Waals surface area (Å²) in [6.45, 7) is 6.31. The molecule has 3 saturated carbocycles. The highest BCUT2D eigenvalue weighted by Crippen LogP contribution is 2.73. The summed E-state index contributed by atoms with van der Waals surface area (Å²) in [5.41, 5.74) is 3.01. The molecule has 6 aliphatic rings. The second kappa shape index (κ2) is 13.7. The van der Waals surface area contributed by atoms with Crippen molar-refractivity contribution >= 4 is 174 Å². The molecular weight excluding hydrogens is 964 g/mol. The highest BCUT2D eigenvalue weighted by molar-refractivity contribution is 6.55. The largest absolute Gasteiger partial charge is 0.120 e. The van der Waals surface area contributed by atoms with Crippen LogP contribution >= 0.6 is 174 Å². The Bertz CT molecular complexity index is 1560. The van der Waals surface area contributed by atoms with Crippen LogP contribution in [-0.4, -0.2) is 45.4 Å². The van der Waals surface area contributed by atoms with Crippen LogP contribution in [0.5, 0.6) is 0 Å². The smallest absolute Gasteiger partial charge is 0.0999 e. The van der Waals surface area contributed by atoms with Crippen LogP contribution in [0.15, 0.2) is 48.4 Å². The number of benzene rings is 1. The summed E-state index contributed by atoms with van der Waals surface area (Å²) in [5.74, 6) is -1.59. The quantitative estimate of drug-likeness (QED) is 0.216. The number of hydrogen-bond donors (Lipinski definition) is 0. The molecule has 1 aromatic rings. The van der Waals surface area contributed by atoms with Crippen LogP contribution < -0.4 is 0 Å². The van der Waals surface area contributed by atoms with Crippen LogP contribution in [0, 0.1) is 17.8 Å². The van der Waals surface area contributed by atoms with E-state index in [4.69, 9.17) is 174 Å². The zero-order valence-electron chi connectivity index (χ0n) is 27.3. The first-order chi connectivity index (χ1) is 23.6. The third-order valence-corrected chi connectivity index (χ3v) is 22.7. The van der Waals surface area contributed by atoms with Crippen molar-refractivity contribution in [2.45, 2.75) is 122 Å². The van der Waals surface area contributed by atoms with Gasteiger partial charge in [0, 0.05) is 17.8 Å². The maximum Gasteiger partial charge on any atom is 0.0999 e. The Morgan fingerprint density at radius 2 is 0.627 bits per heavy atom. The van der Waals surface area contributed by atoms with E-state index in [-0.39, 0.29) is 35.5 Å². The molecule has 0 spiro atoms. The molecule has 0 radical (unpaired) electrons. The van der Waals surface area contributed by atoms with Crippen LogP contribution in [0.2, 0.25) is 0 Å². The predicted molar refractivity (Wildman–Crippen MR) is 226 cm³/mol. The topological polar surface area (TPSA) is 0 Å². The Balaban J connectivity index is 1.41. The molecule has 7 rings (SSSR count). The maximum absolute atomic E-state index is 7.43. The summed E-state index contributed by atoms with van der Waals surface area (Å²) < 4.78 is 0. The number of alkyl halides is 9. The fraction of sp³-hybridized carbons (Fsp3) is 0.667. The molecule has 15 heteroatoms. The maximum atomic E-state index is 7.43. The summed E-state index contributed by atoms with van der Waals surface area (Å²) in [6, 6.07) is 6.60. The second-order valence-corrected chi connectivity index (χ2v) is 23.1. The number of halogens is 15. The van der Waals surface area contributed by atoms with Gasteiger partial charge in [-0.25, -0.2) is 0 Å². The van der Waals surface area contributed by atoms with Crippen molar-refractivity contribution in [2.75, 3.05) is 0 Å². The minimum Gasteiger partial charge on any atom is -0.120 e. The van der Waals surface area contributed by atoms with Gasteiger partial charge in [-0.05, 0) is 73.0 Å². The lowest BCUT2D eigenvalue weighted by molar-refractivity contribution is 0.361. The fourth-order valence-corrected chi connectivity index (χ4v) is 18.5. The van der Waals surface area contributed by atoms with Crippen LogP contribution in [0.25, 0.3) is 0 Å². The van der Waals surface area contributed by atoms with E-state index in [0.717, 1.165) is 16.7 Å². The zero-order valence-corrected chi connectivity index (χ0v) is 38.7. The van der Waals surface area contributed by atoms with Gasteiger partial charge in [-0.2, -0.15) is 0 Å². The van der Waals surface area contributed by atoms with Crippen molar-refractivity contribution in [1.29, 1.82) is 0 Å². The lowest BCUT2D eigenvalue weighted by atomic mass is 9.70. The van der Waals surface area contributed by atoms with Crippen molar-refractivity contribution in [1.82, 2.24) is 0 Å². The van der Waals surface area contributed by atoms with Gasteiger partial charge in [-0.15, -0.1) is 104 Å². The Hall–Kier alpha value is 2.79. The summed E-state index contributed by atoms with van der Waals surface area (Å²) in [5, 5.41) is 0.189. The lowest BCUT2D eigenvalue weighted by Gasteiger charge is -2.42. The highest BCUT2D eigenvalue weighted by atomic mass is 35.5. The van der Waals surface area contributed by atoms with Crippen molar-refractivity contribution in [3.8, 4) is 0 Å². The van der Waals surface area contributed by atoms with Gasteiger partial charge in [0.25, 0.3) is 0 Å². The lowest BCUT2D eigenvalue weighted by Crippen LogP contribution is -2.42. The summed E-state index contributed by atoms with van der Waals surface area (Å²) in [6.07, 6.45) is 3.00. The monoisotopic (exact) mass is 990 g/mol. The Labute approximate surface area is 375 Å². The van der Waals surface area contributed by atoms with Gasteiger partial charge in [-0.1, -0.05) is 109 Å². The van der Waals surface area contributed by atoms with Gasteiger partial charge in [0.05, 0.1) is 75.6 Å². The first-order valence-corrected chi connectivity index (χ1v) is 22.8. The number of fused-ring (bicyclic) bond motifs is 6. The van der Waals surface area contributed by atoms with E-state index < -0.39 is 45.4 Å². The standard InChI is InChI=1S/C36H33Cl15/c1-4-16(19-22(37)34(49)10-31(19,46)25(40)28(34)43)13-7-14(17(5-2)20-23(38)35(50)11-32(20,47)26(41)29(35)44)9-15(8-13)18(6-3)21-24(39)36(51)12-33(21,48)27(42)30(36)45/h7-9,16-24H,4-6,10-12H2,1-3H3. The molecule has 3 fully saturated rings. The van der Waals surface area contributed by atoms with Crippen LogP contribution in [0.4, 0.5) is 0 Å². The van der Waals surface area contributed by atoms with Crippen molar-refractivity contribution < 1.29 is 0 Å². The minimum atomic E-state index is -1.08. The van der Waals surface area contributed by atoms with Gasteiger partial charge in [0.15, 0.2) is 0 Å². The van der Waals surface area contributed by atoms with E-state index in [2.05, 4.69) is 39.0 Å². The van der Waals surface area contributed by atoms with E-state index in [9.17, 15) is 0 Å². The molecule has 6 aliphatic carbocycles. The zero-order chi connectivity index (χ0) is 37.8. The Morgan fingerprint density at radius 1 is 0.431 bits per heavy atom. The van der Waals surface area contributed by atoms with Gasteiger partial charge in [0.1, 0.15) is 0 Å². The second-order valence-electron chi connectivity index (χ2n) is 15.3. The Morgan fingerprint density at radius 3 is 0.804 bits per heavy atom. The van der Waals surface area contributed by atoms with E-state index in [1.54, 1.807) is 0 Å². The highest BCUT2D eigenvalue weighted by Gasteiger charge is 2.72. The minimum absolute atomic E-state index is 0.180. The molecule has 0 N–H and O–H groups in total. The molecule has 0 amide bonds. The molecule has 0 nitrogen and oxygen atoms in total. The molecule has 282 valence electrons. The van der Waals surface area contributed by atoms with Crippen molar-refractivity contribution in [2.24, 2.45) is 17.8 Å². The molecule has 0 aliphatic heterocycles. The fourth-order valence-electron chi connectivity index (χ4n) is 10.7. The van der Waals surface area contributed by atoms with Crippen LogP contribution in [-0.2, 0) is 0 Å².